The van der Waals surface area contributed by atoms with Crippen LogP contribution in [0.5, 0.6) is 0 Å². The van der Waals surface area contributed by atoms with Gasteiger partial charge in [-0.1, -0.05) is 20.3 Å². The van der Waals surface area contributed by atoms with E-state index in [1.807, 2.05) is 0 Å². The van der Waals surface area contributed by atoms with Crippen LogP contribution in [-0.2, 0) is 30.4 Å². The third-order valence-corrected chi connectivity index (χ3v) is 5.16. The molecule has 0 spiro atoms. The van der Waals surface area contributed by atoms with Crippen molar-refractivity contribution in [2.45, 2.75) is 70.1 Å². The maximum atomic E-state index is 13.1. The van der Waals surface area contributed by atoms with Crippen molar-refractivity contribution >= 4 is 29.7 Å². The zero-order chi connectivity index (χ0) is 26.5. The molecule has 4 atom stereocenters. The summed E-state index contributed by atoms with van der Waals surface area (Å²) in [5.41, 5.74) is 11.9. The zero-order valence-electron chi connectivity index (χ0n) is 19.8. The van der Waals surface area contributed by atoms with E-state index in [-0.39, 0.29) is 6.42 Å². The largest absolute Gasteiger partial charge is 0.481 e. The molecule has 0 aliphatic heterocycles. The van der Waals surface area contributed by atoms with Crippen molar-refractivity contribution in [3.63, 3.8) is 0 Å². The lowest BCUT2D eigenvalue weighted by atomic mass is 10.0. The first kappa shape index (κ1) is 29.5. The molecule has 0 bridgehead atoms. The first-order valence-electron chi connectivity index (χ1n) is 11.2. The van der Waals surface area contributed by atoms with Gasteiger partial charge in [-0.3, -0.25) is 19.2 Å². The van der Waals surface area contributed by atoms with Crippen LogP contribution in [0.1, 0.15) is 45.2 Å². The Morgan fingerprint density at radius 2 is 1.66 bits per heavy atom. The van der Waals surface area contributed by atoms with Gasteiger partial charge in [-0.05, 0) is 25.3 Å². The predicted molar refractivity (Wildman–Crippen MR) is 124 cm³/mol. The lowest BCUT2D eigenvalue weighted by molar-refractivity contribution is -0.147. The van der Waals surface area contributed by atoms with Crippen molar-refractivity contribution in [2.75, 3.05) is 6.54 Å². The Labute approximate surface area is 202 Å². The molecule has 1 aromatic heterocycles. The van der Waals surface area contributed by atoms with Gasteiger partial charge in [0, 0.05) is 18.3 Å². The van der Waals surface area contributed by atoms with Gasteiger partial charge in [0.15, 0.2) is 0 Å². The number of aliphatic carboxylic acids is 2. The summed E-state index contributed by atoms with van der Waals surface area (Å²) in [5, 5.41) is 25.3. The maximum absolute atomic E-state index is 13.1. The van der Waals surface area contributed by atoms with E-state index in [1.54, 1.807) is 13.8 Å². The van der Waals surface area contributed by atoms with E-state index >= 15 is 0 Å². The highest BCUT2D eigenvalue weighted by molar-refractivity contribution is 5.94. The molecule has 0 fully saturated rings. The highest BCUT2D eigenvalue weighted by Gasteiger charge is 2.32. The second-order valence-corrected chi connectivity index (χ2v) is 8.46. The van der Waals surface area contributed by atoms with Crippen LogP contribution < -0.4 is 27.4 Å². The summed E-state index contributed by atoms with van der Waals surface area (Å²) in [4.78, 5) is 67.3. The van der Waals surface area contributed by atoms with Crippen molar-refractivity contribution in [2.24, 2.45) is 17.4 Å². The van der Waals surface area contributed by atoms with Gasteiger partial charge in [0.25, 0.3) is 0 Å². The molecule has 0 saturated carbocycles. The number of aromatic amines is 1. The number of unbranched alkanes of at least 4 members (excludes halogenated alkanes) is 1. The van der Waals surface area contributed by atoms with Crippen LogP contribution in [-0.4, -0.2) is 80.6 Å². The molecule has 14 heteroatoms. The number of amides is 3. The third-order valence-electron chi connectivity index (χ3n) is 5.16. The van der Waals surface area contributed by atoms with Crippen molar-refractivity contribution < 1.29 is 34.2 Å². The van der Waals surface area contributed by atoms with Crippen molar-refractivity contribution in [3.05, 3.63) is 18.2 Å². The molecule has 0 aliphatic rings. The highest BCUT2D eigenvalue weighted by Crippen LogP contribution is 2.07. The number of carboxylic acid groups (broad SMARTS) is 2. The molecule has 35 heavy (non-hydrogen) atoms. The van der Waals surface area contributed by atoms with Gasteiger partial charge in [-0.15, -0.1) is 0 Å². The minimum absolute atomic E-state index is 0.0241. The van der Waals surface area contributed by atoms with Crippen LogP contribution in [0.15, 0.2) is 12.5 Å². The monoisotopic (exact) mass is 497 g/mol. The summed E-state index contributed by atoms with van der Waals surface area (Å²) in [7, 11) is 0. The molecule has 14 nitrogen and oxygen atoms in total. The fraction of sp³-hybridized carbons (Fsp3) is 0.619. The van der Waals surface area contributed by atoms with Crippen LogP contribution >= 0.6 is 0 Å². The van der Waals surface area contributed by atoms with E-state index in [0.717, 1.165) is 0 Å². The number of nitrogens with zero attached hydrogens (tertiary/aromatic N) is 1. The molecule has 10 N–H and O–H groups in total. The van der Waals surface area contributed by atoms with Gasteiger partial charge in [0.2, 0.25) is 17.7 Å². The van der Waals surface area contributed by atoms with Crippen LogP contribution in [0.4, 0.5) is 0 Å². The van der Waals surface area contributed by atoms with Crippen molar-refractivity contribution in [1.29, 1.82) is 0 Å². The van der Waals surface area contributed by atoms with E-state index < -0.39 is 66.2 Å². The fourth-order valence-electron chi connectivity index (χ4n) is 3.17. The van der Waals surface area contributed by atoms with E-state index in [9.17, 15) is 29.1 Å². The Bertz CT molecular complexity index is 860. The first-order valence-corrected chi connectivity index (χ1v) is 11.2. The smallest absolute Gasteiger partial charge is 0.326 e. The second-order valence-electron chi connectivity index (χ2n) is 8.46. The van der Waals surface area contributed by atoms with E-state index in [4.69, 9.17) is 16.6 Å². The van der Waals surface area contributed by atoms with Crippen LogP contribution in [0.3, 0.4) is 0 Å². The molecule has 196 valence electrons. The summed E-state index contributed by atoms with van der Waals surface area (Å²) in [5.74, 6) is -5.55. The lowest BCUT2D eigenvalue weighted by Crippen LogP contribution is -2.59. The number of carbonyl (C=O) groups excluding carboxylic acids is 3. The number of aromatic nitrogens is 2. The van der Waals surface area contributed by atoms with Gasteiger partial charge in [0.05, 0.1) is 18.8 Å². The summed E-state index contributed by atoms with van der Waals surface area (Å²) in [6, 6.07) is -4.86. The molecular formula is C21H35N7O7. The topological polar surface area (TPSA) is 243 Å². The Balaban J connectivity index is 2.98. The maximum Gasteiger partial charge on any atom is 0.326 e. The van der Waals surface area contributed by atoms with Gasteiger partial charge in [-0.25, -0.2) is 9.78 Å². The van der Waals surface area contributed by atoms with Gasteiger partial charge in [0.1, 0.15) is 18.1 Å². The number of imidazole rings is 1. The number of rotatable bonds is 16. The van der Waals surface area contributed by atoms with Crippen LogP contribution in [0, 0.1) is 5.92 Å². The Kier molecular flexibility index (Phi) is 12.4. The SMILES string of the molecule is CC(C)C(NC(=O)C(Cc1cnc[nH]1)NC(=O)C(N)CCCCN)C(=O)NC(CC(=O)O)C(=O)O. The summed E-state index contributed by atoms with van der Waals surface area (Å²) in [6.45, 7) is 3.70. The molecule has 0 aliphatic carbocycles. The van der Waals surface area contributed by atoms with Gasteiger partial charge in [-0.2, -0.15) is 0 Å². The first-order chi connectivity index (χ1) is 16.5. The average Bonchev–Trinajstić information content (AvgIpc) is 3.28. The fourth-order valence-corrected chi connectivity index (χ4v) is 3.17. The average molecular weight is 498 g/mol. The predicted octanol–water partition coefficient (Wildman–Crippen LogP) is -1.92. The van der Waals surface area contributed by atoms with Crippen molar-refractivity contribution in [3.8, 4) is 0 Å². The third kappa shape index (κ3) is 10.5. The van der Waals surface area contributed by atoms with Crippen molar-refractivity contribution in [1.82, 2.24) is 25.9 Å². The van der Waals surface area contributed by atoms with Gasteiger partial charge < -0.3 is 42.6 Å². The molecule has 0 radical (unpaired) electrons. The molecular weight excluding hydrogens is 462 g/mol. The van der Waals surface area contributed by atoms with Gasteiger partial charge >= 0.3 is 11.9 Å². The minimum Gasteiger partial charge on any atom is -0.481 e. The molecule has 1 aromatic rings. The van der Waals surface area contributed by atoms with Crippen LogP contribution in [0.25, 0.3) is 0 Å². The summed E-state index contributed by atoms with van der Waals surface area (Å²) < 4.78 is 0. The number of carbonyl (C=O) groups is 5. The molecule has 3 amide bonds. The van der Waals surface area contributed by atoms with E-state index in [0.29, 0.717) is 31.5 Å². The zero-order valence-corrected chi connectivity index (χ0v) is 19.8. The molecule has 4 unspecified atom stereocenters. The number of hydrogen-bond donors (Lipinski definition) is 8. The molecule has 1 heterocycles. The van der Waals surface area contributed by atoms with Crippen LogP contribution in [0.2, 0.25) is 0 Å². The lowest BCUT2D eigenvalue weighted by Gasteiger charge is -2.26. The van der Waals surface area contributed by atoms with E-state index in [2.05, 4.69) is 25.9 Å². The van der Waals surface area contributed by atoms with E-state index in [1.165, 1.54) is 12.5 Å². The summed E-state index contributed by atoms with van der Waals surface area (Å²) >= 11 is 0. The summed E-state index contributed by atoms with van der Waals surface area (Å²) in [6.07, 6.45) is 3.78. The number of H-pyrrole nitrogens is 1. The number of hydrogen-bond acceptors (Lipinski definition) is 8. The highest BCUT2D eigenvalue weighted by atomic mass is 16.4. The Morgan fingerprint density at radius 1 is 1.00 bits per heavy atom. The molecule has 0 aromatic carbocycles. The number of nitrogens with two attached hydrogens (primary N) is 2. The quantitative estimate of drug-likeness (QED) is 0.118. The number of nitrogens with one attached hydrogen (secondary N) is 4. The standard InChI is InChI=1S/C21H35N7O7/c1-11(2)17(20(33)27-15(21(34)35)8-16(29)30)28-19(32)14(7-12-9-24-10-25-12)26-18(31)13(23)5-3-4-6-22/h9-11,13-15,17H,3-8,22-23H2,1-2H3,(H,24,25)(H,26,31)(H,27,33)(H,28,32)(H,29,30)(H,34,35). The molecule has 0 saturated heterocycles. The normalized spacial score (nSPS) is 14.4. The Hall–Kier alpha value is -3.52. The second kappa shape index (κ2) is 14.7. The Morgan fingerprint density at radius 3 is 2.17 bits per heavy atom. The molecule has 1 rings (SSSR count). The number of carboxylic acids is 2. The minimum atomic E-state index is -1.68.